The van der Waals surface area contributed by atoms with Crippen molar-refractivity contribution < 1.29 is 32.6 Å². The molecule has 3 heterocycles. The van der Waals surface area contributed by atoms with Gasteiger partial charge in [0, 0.05) is 45.6 Å². The fraction of sp³-hybridized carbons (Fsp3) is 0.762. The zero-order chi connectivity index (χ0) is 23.3. The highest BCUT2D eigenvalue weighted by atomic mass is 19.4. The molecular weight excluding hydrogens is 429 g/mol. The number of rotatable bonds is 6. The standard InChI is InChI=1S/C19H30N4O2.C2HF3O2/c1-14-19-21-17(10-18(24)20-11-15-2-3-15)13-23(19)7-6-22(14)12-16-4-8-25-9-5-16;3-2(4,5)1(6)7/h13-16H,2-12H2,1H3,(H,20,24);(H,6,7). The van der Waals surface area contributed by atoms with Crippen molar-refractivity contribution >= 4 is 11.9 Å². The summed E-state index contributed by atoms with van der Waals surface area (Å²) in [4.78, 5) is 28.3. The number of aliphatic carboxylic acids is 1. The molecule has 1 amide bonds. The van der Waals surface area contributed by atoms with E-state index in [0.717, 1.165) is 62.7 Å². The molecule has 2 aliphatic heterocycles. The van der Waals surface area contributed by atoms with E-state index in [-0.39, 0.29) is 5.91 Å². The van der Waals surface area contributed by atoms with Crippen LogP contribution in [0.25, 0.3) is 0 Å². The molecule has 1 aliphatic carbocycles. The van der Waals surface area contributed by atoms with Gasteiger partial charge in [0.05, 0.1) is 18.2 Å². The third-order valence-electron chi connectivity index (χ3n) is 6.11. The molecule has 0 aromatic carbocycles. The molecule has 1 aromatic rings. The second kappa shape index (κ2) is 10.7. The van der Waals surface area contributed by atoms with E-state index in [0.29, 0.717) is 12.5 Å². The third kappa shape index (κ3) is 7.19. The number of hydrogen-bond donors (Lipinski definition) is 2. The van der Waals surface area contributed by atoms with Gasteiger partial charge in [-0.2, -0.15) is 13.2 Å². The number of aromatic nitrogens is 2. The lowest BCUT2D eigenvalue weighted by molar-refractivity contribution is -0.192. The lowest BCUT2D eigenvalue weighted by atomic mass is 9.98. The van der Waals surface area contributed by atoms with Gasteiger partial charge in [0.25, 0.3) is 0 Å². The number of fused-ring (bicyclic) bond motifs is 1. The summed E-state index contributed by atoms with van der Waals surface area (Å²) in [5.74, 6) is -0.0758. The SMILES string of the molecule is CC1c2nc(CC(=O)NCC3CC3)cn2CCN1CC1CCOCC1.O=C(O)C(F)(F)F. The zero-order valence-electron chi connectivity index (χ0n) is 18.2. The van der Waals surface area contributed by atoms with Gasteiger partial charge in [0.2, 0.25) is 5.91 Å². The van der Waals surface area contributed by atoms with Crippen molar-refractivity contribution in [3.8, 4) is 0 Å². The minimum Gasteiger partial charge on any atom is -0.475 e. The molecule has 0 radical (unpaired) electrons. The average molecular weight is 460 g/mol. The Morgan fingerprint density at radius 3 is 2.44 bits per heavy atom. The van der Waals surface area contributed by atoms with Crippen molar-refractivity contribution in [2.45, 2.75) is 57.8 Å². The highest BCUT2D eigenvalue weighted by Gasteiger charge is 2.38. The Kier molecular flexibility index (Phi) is 8.16. The number of hydrogen-bond acceptors (Lipinski definition) is 5. The smallest absolute Gasteiger partial charge is 0.475 e. The quantitative estimate of drug-likeness (QED) is 0.677. The number of carboxylic acid groups (broad SMARTS) is 1. The highest BCUT2D eigenvalue weighted by Crippen LogP contribution is 2.28. The molecule has 1 saturated carbocycles. The van der Waals surface area contributed by atoms with Gasteiger partial charge in [0.15, 0.2) is 0 Å². The van der Waals surface area contributed by atoms with Crippen molar-refractivity contribution in [1.82, 2.24) is 19.8 Å². The Hall–Kier alpha value is -2.14. The summed E-state index contributed by atoms with van der Waals surface area (Å²) in [5, 5.41) is 10.2. The van der Waals surface area contributed by atoms with E-state index in [4.69, 9.17) is 19.6 Å². The van der Waals surface area contributed by atoms with Gasteiger partial charge < -0.3 is 19.7 Å². The Morgan fingerprint density at radius 2 is 1.84 bits per heavy atom. The van der Waals surface area contributed by atoms with Gasteiger partial charge in [-0.15, -0.1) is 0 Å². The molecule has 0 bridgehead atoms. The van der Waals surface area contributed by atoms with Crippen LogP contribution in [0.15, 0.2) is 6.20 Å². The number of carboxylic acids is 1. The van der Waals surface area contributed by atoms with Crippen LogP contribution in [0.4, 0.5) is 13.2 Å². The molecule has 32 heavy (non-hydrogen) atoms. The van der Waals surface area contributed by atoms with Crippen molar-refractivity contribution in [1.29, 1.82) is 0 Å². The molecule has 1 unspecified atom stereocenters. The normalized spacial score (nSPS) is 21.9. The third-order valence-corrected chi connectivity index (χ3v) is 6.11. The average Bonchev–Trinajstić information content (AvgIpc) is 3.48. The first-order valence-electron chi connectivity index (χ1n) is 11.1. The van der Waals surface area contributed by atoms with Crippen LogP contribution in [0.3, 0.4) is 0 Å². The van der Waals surface area contributed by atoms with E-state index < -0.39 is 12.1 Å². The number of nitrogens with one attached hydrogen (secondary N) is 1. The van der Waals surface area contributed by atoms with Crippen LogP contribution in [0.2, 0.25) is 0 Å². The van der Waals surface area contributed by atoms with Crippen LogP contribution < -0.4 is 5.32 Å². The summed E-state index contributed by atoms with van der Waals surface area (Å²) in [6.07, 6.45) is 2.26. The van der Waals surface area contributed by atoms with Crippen LogP contribution in [-0.4, -0.2) is 70.5 Å². The van der Waals surface area contributed by atoms with Crippen LogP contribution in [0.1, 0.15) is 50.2 Å². The second-order valence-corrected chi connectivity index (χ2v) is 8.74. The molecule has 1 saturated heterocycles. The lowest BCUT2D eigenvalue weighted by Crippen LogP contribution is -2.40. The predicted octanol–water partition coefficient (Wildman–Crippen LogP) is 2.39. The Bertz CT molecular complexity index is 788. The summed E-state index contributed by atoms with van der Waals surface area (Å²) in [6.45, 7) is 8.06. The molecule has 1 aromatic heterocycles. The topological polar surface area (TPSA) is 96.7 Å². The first kappa shape index (κ1) is 24.5. The molecule has 4 rings (SSSR count). The van der Waals surface area contributed by atoms with Gasteiger partial charge in [-0.1, -0.05) is 0 Å². The number of imidazole rings is 1. The fourth-order valence-corrected chi connectivity index (χ4v) is 3.99. The van der Waals surface area contributed by atoms with E-state index in [9.17, 15) is 18.0 Å². The molecule has 180 valence electrons. The van der Waals surface area contributed by atoms with E-state index in [2.05, 4.69) is 27.9 Å². The molecule has 0 spiro atoms. The van der Waals surface area contributed by atoms with Crippen LogP contribution in [-0.2, 0) is 27.3 Å². The highest BCUT2D eigenvalue weighted by molar-refractivity contribution is 5.78. The molecule has 2 N–H and O–H groups in total. The van der Waals surface area contributed by atoms with Crippen molar-refractivity contribution in [3.05, 3.63) is 17.7 Å². The minimum atomic E-state index is -5.08. The first-order chi connectivity index (χ1) is 15.1. The van der Waals surface area contributed by atoms with Crippen molar-refractivity contribution in [3.63, 3.8) is 0 Å². The predicted molar refractivity (Wildman–Crippen MR) is 109 cm³/mol. The van der Waals surface area contributed by atoms with Crippen LogP contribution >= 0.6 is 0 Å². The van der Waals surface area contributed by atoms with Gasteiger partial charge in [0.1, 0.15) is 5.82 Å². The molecule has 3 aliphatic rings. The number of carbonyl (C=O) groups excluding carboxylic acids is 1. The fourth-order valence-electron chi connectivity index (χ4n) is 3.99. The zero-order valence-corrected chi connectivity index (χ0v) is 18.2. The minimum absolute atomic E-state index is 0.106. The Labute approximate surface area is 185 Å². The van der Waals surface area contributed by atoms with Gasteiger partial charge in [-0.05, 0) is 44.4 Å². The number of amides is 1. The molecule has 11 heteroatoms. The summed E-state index contributed by atoms with van der Waals surface area (Å²) in [5.41, 5.74) is 0.906. The van der Waals surface area contributed by atoms with E-state index in [1.165, 1.54) is 25.7 Å². The second-order valence-electron chi connectivity index (χ2n) is 8.74. The molecular formula is C21H31F3N4O4. The monoisotopic (exact) mass is 460 g/mol. The van der Waals surface area contributed by atoms with Crippen molar-refractivity contribution in [2.75, 3.05) is 32.8 Å². The summed E-state index contributed by atoms with van der Waals surface area (Å²) >= 11 is 0. The van der Waals surface area contributed by atoms with Gasteiger partial charge >= 0.3 is 12.1 Å². The van der Waals surface area contributed by atoms with E-state index >= 15 is 0 Å². The Morgan fingerprint density at radius 1 is 1.19 bits per heavy atom. The maximum absolute atomic E-state index is 12.1. The molecule has 1 atom stereocenters. The molecule has 8 nitrogen and oxygen atoms in total. The maximum atomic E-state index is 12.1. The Balaban J connectivity index is 0.000000360. The van der Waals surface area contributed by atoms with E-state index in [1.807, 2.05) is 0 Å². The largest absolute Gasteiger partial charge is 0.490 e. The first-order valence-corrected chi connectivity index (χ1v) is 11.1. The number of alkyl halides is 3. The van der Waals surface area contributed by atoms with E-state index in [1.54, 1.807) is 0 Å². The molecule has 2 fully saturated rings. The number of carbonyl (C=O) groups is 2. The van der Waals surface area contributed by atoms with Crippen molar-refractivity contribution in [2.24, 2.45) is 11.8 Å². The summed E-state index contributed by atoms with van der Waals surface area (Å²) in [6, 6.07) is 0.319. The summed E-state index contributed by atoms with van der Waals surface area (Å²) in [7, 11) is 0. The number of nitrogens with zero attached hydrogens (tertiary/aromatic N) is 3. The lowest BCUT2D eigenvalue weighted by Gasteiger charge is -2.37. The van der Waals surface area contributed by atoms with Gasteiger partial charge in [-0.3, -0.25) is 9.69 Å². The number of halogens is 3. The van der Waals surface area contributed by atoms with Gasteiger partial charge in [-0.25, -0.2) is 9.78 Å². The maximum Gasteiger partial charge on any atom is 0.490 e. The number of ether oxygens (including phenoxy) is 1. The summed E-state index contributed by atoms with van der Waals surface area (Å²) < 4.78 is 39.5. The van der Waals surface area contributed by atoms with Crippen LogP contribution in [0, 0.1) is 11.8 Å². The van der Waals surface area contributed by atoms with Crippen LogP contribution in [0.5, 0.6) is 0 Å².